The summed E-state index contributed by atoms with van der Waals surface area (Å²) in [5.74, 6) is 1.76. The van der Waals surface area contributed by atoms with E-state index < -0.39 is 0 Å². The molecule has 0 bridgehead atoms. The number of hydrogen-bond acceptors (Lipinski definition) is 5. The van der Waals surface area contributed by atoms with Crippen molar-refractivity contribution in [1.82, 2.24) is 5.32 Å². The molecule has 5 heteroatoms. The maximum absolute atomic E-state index is 6.70. The van der Waals surface area contributed by atoms with E-state index in [0.717, 1.165) is 130 Å². The predicted octanol–water partition coefficient (Wildman–Crippen LogP) is 15.1. The summed E-state index contributed by atoms with van der Waals surface area (Å²) in [4.78, 5) is 5.34. The van der Waals surface area contributed by atoms with Gasteiger partial charge in [0.25, 0.3) is 0 Å². The number of rotatable bonds is 6. The summed E-state index contributed by atoms with van der Waals surface area (Å²) in [7, 11) is 0. The van der Waals surface area contributed by atoms with Gasteiger partial charge < -0.3 is 18.6 Å². The van der Waals surface area contributed by atoms with Crippen LogP contribution in [0.5, 0.6) is 0 Å². The summed E-state index contributed by atoms with van der Waals surface area (Å²) in [5.41, 5.74) is 16.2. The molecular formula is C58H38N2O3. The van der Waals surface area contributed by atoms with Crippen LogP contribution in [0, 0.1) is 0 Å². The molecule has 1 N–H and O–H groups in total. The van der Waals surface area contributed by atoms with Crippen molar-refractivity contribution in [2.75, 3.05) is 0 Å². The first-order valence-electron chi connectivity index (χ1n) is 21.6. The summed E-state index contributed by atoms with van der Waals surface area (Å²) in [6.07, 6.45) is 6.48. The van der Waals surface area contributed by atoms with Gasteiger partial charge in [-0.1, -0.05) is 146 Å². The van der Waals surface area contributed by atoms with E-state index in [9.17, 15) is 0 Å². The standard InChI is InChI=1S/C58H38N2O3/c1-2-14-35(15-3-1)58-59-50(37-17-10-16-36(30-37)41-21-11-24-47-44-18-4-7-27-52(44)61-55(41)47)34-51(60-58)40-32-38(42-22-12-25-48-45-19-5-8-28-53(45)62-56(42)48)31-39(33-40)43-23-13-26-49-46-20-6-9-29-54(46)63-57(43)49/h1-12,14-25,27-34,51H,13,26H2,(H,59,60). The fraction of sp³-hybridized carbons (Fsp3) is 0.0517. The Balaban J connectivity index is 0.996. The van der Waals surface area contributed by atoms with Crippen molar-refractivity contribution in [3.05, 3.63) is 228 Å². The Morgan fingerprint density at radius 3 is 1.75 bits per heavy atom. The summed E-state index contributed by atoms with van der Waals surface area (Å²) >= 11 is 0. The number of benzene rings is 8. The van der Waals surface area contributed by atoms with E-state index in [2.05, 4.69) is 163 Å². The van der Waals surface area contributed by atoms with Gasteiger partial charge in [-0.3, -0.25) is 0 Å². The molecule has 3 aromatic heterocycles. The van der Waals surface area contributed by atoms with E-state index in [1.54, 1.807) is 0 Å². The average Bonchev–Trinajstić information content (AvgIpc) is 4.06. The molecule has 1 unspecified atom stereocenters. The monoisotopic (exact) mass is 810 g/mol. The van der Waals surface area contributed by atoms with Crippen LogP contribution in [0.15, 0.2) is 212 Å². The molecule has 0 saturated heterocycles. The second-order valence-corrected chi connectivity index (χ2v) is 16.5. The minimum Gasteiger partial charge on any atom is -0.456 e. The Labute approximate surface area is 362 Å². The highest BCUT2D eigenvalue weighted by atomic mass is 16.3. The van der Waals surface area contributed by atoms with Crippen LogP contribution >= 0.6 is 0 Å². The van der Waals surface area contributed by atoms with Crippen LogP contribution in [-0.2, 0) is 6.42 Å². The molecule has 2 aliphatic rings. The second-order valence-electron chi connectivity index (χ2n) is 16.5. The molecule has 8 aromatic carbocycles. The van der Waals surface area contributed by atoms with Gasteiger partial charge in [-0.25, -0.2) is 4.99 Å². The van der Waals surface area contributed by atoms with Crippen LogP contribution in [-0.4, -0.2) is 5.84 Å². The van der Waals surface area contributed by atoms with E-state index in [-0.39, 0.29) is 6.04 Å². The van der Waals surface area contributed by atoms with Gasteiger partial charge in [0.2, 0.25) is 0 Å². The van der Waals surface area contributed by atoms with Gasteiger partial charge in [0.15, 0.2) is 0 Å². The Bertz CT molecular complexity index is 3730. The van der Waals surface area contributed by atoms with E-state index >= 15 is 0 Å². The number of aliphatic imine (C=N–C) groups is 1. The largest absolute Gasteiger partial charge is 0.456 e. The third-order valence-corrected chi connectivity index (χ3v) is 12.8. The van der Waals surface area contributed by atoms with Crippen molar-refractivity contribution < 1.29 is 13.3 Å². The third-order valence-electron chi connectivity index (χ3n) is 12.8. The summed E-state index contributed by atoms with van der Waals surface area (Å²) in [6.45, 7) is 0. The van der Waals surface area contributed by atoms with Crippen molar-refractivity contribution in [2.45, 2.75) is 18.9 Å². The topological polar surface area (TPSA) is 63.8 Å². The number of hydrogen-bond donors (Lipinski definition) is 1. The van der Waals surface area contributed by atoms with Gasteiger partial charge in [0, 0.05) is 60.3 Å². The minimum atomic E-state index is -0.233. The van der Waals surface area contributed by atoms with Crippen molar-refractivity contribution in [1.29, 1.82) is 0 Å². The van der Waals surface area contributed by atoms with Crippen LogP contribution < -0.4 is 5.32 Å². The summed E-state index contributed by atoms with van der Waals surface area (Å²) in [6, 6.07) is 63.6. The lowest BCUT2D eigenvalue weighted by Crippen LogP contribution is -2.31. The number of amidine groups is 1. The number of furan rings is 3. The SMILES string of the molecule is C1=C(c2cccc(-c3cccc4c3oc3ccccc34)c2)N=C(c2ccccc2)NC1c1cc(C2=CCCc3c2oc2ccccc32)cc(-c2cccc3c2oc2ccccc23)c1. The first-order valence-corrected chi connectivity index (χ1v) is 21.6. The van der Waals surface area contributed by atoms with Crippen molar-refractivity contribution >= 4 is 72.0 Å². The average molecular weight is 811 g/mol. The molecule has 1 atom stereocenters. The zero-order valence-corrected chi connectivity index (χ0v) is 34.1. The van der Waals surface area contributed by atoms with E-state index in [0.29, 0.717) is 0 Å². The van der Waals surface area contributed by atoms with Gasteiger partial charge in [-0.15, -0.1) is 0 Å². The quantitative estimate of drug-likeness (QED) is 0.182. The molecule has 4 heterocycles. The number of nitrogens with one attached hydrogen (secondary N) is 1. The first kappa shape index (κ1) is 35.6. The molecule has 0 saturated carbocycles. The molecule has 63 heavy (non-hydrogen) atoms. The third kappa shape index (κ3) is 5.88. The van der Waals surface area contributed by atoms with Crippen LogP contribution in [0.2, 0.25) is 0 Å². The highest BCUT2D eigenvalue weighted by Crippen LogP contribution is 2.43. The molecule has 13 rings (SSSR count). The highest BCUT2D eigenvalue weighted by molar-refractivity contribution is 6.11. The molecule has 0 fully saturated rings. The van der Waals surface area contributed by atoms with Gasteiger partial charge in [0.1, 0.15) is 39.5 Å². The van der Waals surface area contributed by atoms with Gasteiger partial charge in [-0.2, -0.15) is 0 Å². The fourth-order valence-corrected chi connectivity index (χ4v) is 9.83. The van der Waals surface area contributed by atoms with Gasteiger partial charge >= 0.3 is 0 Å². The zero-order chi connectivity index (χ0) is 41.4. The van der Waals surface area contributed by atoms with E-state index in [4.69, 9.17) is 18.2 Å². The Morgan fingerprint density at radius 2 is 1.02 bits per heavy atom. The van der Waals surface area contributed by atoms with Crippen LogP contribution in [0.25, 0.3) is 88.4 Å². The molecule has 0 spiro atoms. The predicted molar refractivity (Wildman–Crippen MR) is 257 cm³/mol. The molecule has 1 aliphatic heterocycles. The second kappa shape index (κ2) is 14.2. The number of aryl methyl sites for hydroxylation is 1. The summed E-state index contributed by atoms with van der Waals surface area (Å²) in [5, 5.41) is 9.49. The molecule has 298 valence electrons. The van der Waals surface area contributed by atoms with Crippen molar-refractivity contribution in [3.63, 3.8) is 0 Å². The number of allylic oxidation sites excluding steroid dienone is 1. The molecule has 0 amide bonds. The smallest absolute Gasteiger partial charge is 0.143 e. The number of nitrogens with zero attached hydrogens (tertiary/aromatic N) is 1. The minimum absolute atomic E-state index is 0.233. The van der Waals surface area contributed by atoms with Gasteiger partial charge in [0.05, 0.1) is 11.7 Å². The zero-order valence-electron chi connectivity index (χ0n) is 34.1. The lowest BCUT2D eigenvalue weighted by molar-refractivity contribution is 0.591. The lowest BCUT2D eigenvalue weighted by Gasteiger charge is -2.26. The van der Waals surface area contributed by atoms with Crippen LogP contribution in [0.1, 0.15) is 46.0 Å². The highest BCUT2D eigenvalue weighted by Gasteiger charge is 2.26. The maximum atomic E-state index is 6.70. The Kier molecular flexibility index (Phi) is 8.03. The molecular weight excluding hydrogens is 773 g/mol. The van der Waals surface area contributed by atoms with Crippen molar-refractivity contribution in [3.8, 4) is 22.3 Å². The van der Waals surface area contributed by atoms with Crippen LogP contribution in [0.3, 0.4) is 0 Å². The first-order chi connectivity index (χ1) is 31.2. The van der Waals surface area contributed by atoms with E-state index in [1.807, 2.05) is 36.4 Å². The normalized spacial score (nSPS) is 15.1. The van der Waals surface area contributed by atoms with Crippen molar-refractivity contribution in [2.24, 2.45) is 4.99 Å². The number of fused-ring (bicyclic) bond motifs is 9. The number of para-hydroxylation sites is 5. The molecule has 11 aromatic rings. The Morgan fingerprint density at radius 1 is 0.460 bits per heavy atom. The summed E-state index contributed by atoms with van der Waals surface area (Å²) < 4.78 is 19.9. The Hall–Kier alpha value is -8.15. The molecule has 1 aliphatic carbocycles. The lowest BCUT2D eigenvalue weighted by atomic mass is 9.87. The van der Waals surface area contributed by atoms with E-state index in [1.165, 1.54) is 10.9 Å². The fourth-order valence-electron chi connectivity index (χ4n) is 9.83. The van der Waals surface area contributed by atoms with Gasteiger partial charge in [-0.05, 0) is 83.6 Å². The maximum Gasteiger partial charge on any atom is 0.143 e. The molecule has 5 nitrogen and oxygen atoms in total. The van der Waals surface area contributed by atoms with Crippen LogP contribution in [0.4, 0.5) is 0 Å². The molecule has 0 radical (unpaired) electrons.